The smallest absolute Gasteiger partial charge is 0.317 e. The first-order valence-corrected chi connectivity index (χ1v) is 6.09. The molecule has 2 rings (SSSR count). The summed E-state index contributed by atoms with van der Waals surface area (Å²) in [5.41, 5.74) is 7.23. The van der Waals surface area contributed by atoms with Gasteiger partial charge in [-0.3, -0.25) is 0 Å². The molecule has 0 spiro atoms. The number of hydrogen-bond donors (Lipinski definition) is 2. The van der Waals surface area contributed by atoms with Gasteiger partial charge in [-0.05, 0) is 30.5 Å². The van der Waals surface area contributed by atoms with Crippen molar-refractivity contribution in [1.29, 1.82) is 0 Å². The average molecular weight is 251 g/mol. The fourth-order valence-electron chi connectivity index (χ4n) is 2.08. The Bertz CT molecular complexity index is 450. The lowest BCUT2D eigenvalue weighted by Gasteiger charge is -2.16. The number of halogens is 1. The SMILES string of the molecule is Cc1cc(CNC(=O)N2CCC(N)C2)ccc1F. The van der Waals surface area contributed by atoms with Crippen molar-refractivity contribution in [2.24, 2.45) is 5.73 Å². The molecule has 0 aliphatic carbocycles. The first kappa shape index (κ1) is 12.8. The molecular formula is C13H18FN3O. The van der Waals surface area contributed by atoms with E-state index >= 15 is 0 Å². The molecule has 0 bridgehead atoms. The molecule has 1 atom stereocenters. The second-order valence-corrected chi connectivity index (χ2v) is 4.74. The highest BCUT2D eigenvalue weighted by Crippen LogP contribution is 2.10. The average Bonchev–Trinajstić information content (AvgIpc) is 2.77. The van der Waals surface area contributed by atoms with E-state index in [9.17, 15) is 9.18 Å². The van der Waals surface area contributed by atoms with Crippen molar-refractivity contribution in [3.05, 3.63) is 35.1 Å². The summed E-state index contributed by atoms with van der Waals surface area (Å²) in [5.74, 6) is -0.226. The van der Waals surface area contributed by atoms with Crippen LogP contribution in [0.3, 0.4) is 0 Å². The highest BCUT2D eigenvalue weighted by Gasteiger charge is 2.23. The van der Waals surface area contributed by atoms with Crippen molar-refractivity contribution in [2.75, 3.05) is 13.1 Å². The second kappa shape index (κ2) is 5.35. The summed E-state index contributed by atoms with van der Waals surface area (Å²) in [6, 6.07) is 4.82. The molecule has 1 aliphatic heterocycles. The molecular weight excluding hydrogens is 233 g/mol. The zero-order valence-electron chi connectivity index (χ0n) is 10.4. The highest BCUT2D eigenvalue weighted by molar-refractivity contribution is 5.74. The largest absolute Gasteiger partial charge is 0.334 e. The van der Waals surface area contributed by atoms with Crippen molar-refractivity contribution in [3.63, 3.8) is 0 Å². The molecule has 4 nitrogen and oxygen atoms in total. The number of nitrogens with zero attached hydrogens (tertiary/aromatic N) is 1. The van der Waals surface area contributed by atoms with Gasteiger partial charge in [-0.25, -0.2) is 9.18 Å². The van der Waals surface area contributed by atoms with Gasteiger partial charge in [0.25, 0.3) is 0 Å². The van der Waals surface area contributed by atoms with E-state index < -0.39 is 0 Å². The third kappa shape index (κ3) is 2.98. The first-order chi connectivity index (χ1) is 8.56. The zero-order valence-corrected chi connectivity index (χ0v) is 10.4. The van der Waals surface area contributed by atoms with Gasteiger partial charge in [-0.2, -0.15) is 0 Å². The Morgan fingerprint density at radius 3 is 3.00 bits per heavy atom. The lowest BCUT2D eigenvalue weighted by atomic mass is 10.1. The van der Waals surface area contributed by atoms with Crippen LogP contribution in [0.2, 0.25) is 0 Å². The van der Waals surface area contributed by atoms with Crippen LogP contribution in [0.1, 0.15) is 17.5 Å². The molecule has 1 heterocycles. The number of amides is 2. The minimum atomic E-state index is -0.226. The monoisotopic (exact) mass is 251 g/mol. The third-order valence-corrected chi connectivity index (χ3v) is 3.18. The molecule has 98 valence electrons. The Morgan fingerprint density at radius 1 is 1.61 bits per heavy atom. The summed E-state index contributed by atoms with van der Waals surface area (Å²) in [5, 5.41) is 2.82. The molecule has 2 amide bonds. The van der Waals surface area contributed by atoms with Crippen LogP contribution in [0.15, 0.2) is 18.2 Å². The Kier molecular flexibility index (Phi) is 3.81. The normalized spacial score (nSPS) is 19.1. The third-order valence-electron chi connectivity index (χ3n) is 3.18. The number of benzene rings is 1. The maximum Gasteiger partial charge on any atom is 0.317 e. The van der Waals surface area contributed by atoms with Crippen molar-refractivity contribution in [1.82, 2.24) is 10.2 Å². The fraction of sp³-hybridized carbons (Fsp3) is 0.462. The number of carbonyl (C=O) groups excluding carboxylic acids is 1. The summed E-state index contributed by atoms with van der Waals surface area (Å²) in [7, 11) is 0. The molecule has 18 heavy (non-hydrogen) atoms. The topological polar surface area (TPSA) is 58.4 Å². The second-order valence-electron chi connectivity index (χ2n) is 4.74. The molecule has 1 saturated heterocycles. The number of likely N-dealkylation sites (tertiary alicyclic amines) is 1. The van der Waals surface area contributed by atoms with Crippen LogP contribution in [0, 0.1) is 12.7 Å². The number of rotatable bonds is 2. The molecule has 0 radical (unpaired) electrons. The van der Waals surface area contributed by atoms with Crippen molar-refractivity contribution >= 4 is 6.03 Å². The van der Waals surface area contributed by atoms with E-state index in [4.69, 9.17) is 5.73 Å². The molecule has 5 heteroatoms. The van der Waals surface area contributed by atoms with Crippen LogP contribution in [0.5, 0.6) is 0 Å². The number of carbonyl (C=O) groups is 1. The van der Waals surface area contributed by atoms with Crippen LogP contribution in [0.25, 0.3) is 0 Å². The van der Waals surface area contributed by atoms with Gasteiger partial charge < -0.3 is 16.0 Å². The number of hydrogen-bond acceptors (Lipinski definition) is 2. The minimum Gasteiger partial charge on any atom is -0.334 e. The Hall–Kier alpha value is -1.62. The van der Waals surface area contributed by atoms with Gasteiger partial charge in [-0.15, -0.1) is 0 Å². The van der Waals surface area contributed by atoms with Crippen molar-refractivity contribution < 1.29 is 9.18 Å². The standard InChI is InChI=1S/C13H18FN3O/c1-9-6-10(2-3-12(9)14)7-16-13(18)17-5-4-11(15)8-17/h2-3,6,11H,4-5,7-8,15H2,1H3,(H,16,18). The minimum absolute atomic E-state index is 0.0869. The predicted molar refractivity (Wildman–Crippen MR) is 67.5 cm³/mol. The van der Waals surface area contributed by atoms with Gasteiger partial charge in [-0.1, -0.05) is 12.1 Å². The van der Waals surface area contributed by atoms with Gasteiger partial charge in [0.2, 0.25) is 0 Å². The van der Waals surface area contributed by atoms with Crippen molar-refractivity contribution in [2.45, 2.75) is 25.9 Å². The Balaban J connectivity index is 1.87. The van der Waals surface area contributed by atoms with Gasteiger partial charge >= 0.3 is 6.03 Å². The van der Waals surface area contributed by atoms with Crippen molar-refractivity contribution in [3.8, 4) is 0 Å². The first-order valence-electron chi connectivity index (χ1n) is 6.09. The predicted octanol–water partition coefficient (Wildman–Crippen LogP) is 1.38. The zero-order chi connectivity index (χ0) is 13.1. The van der Waals surface area contributed by atoms with E-state index in [1.165, 1.54) is 6.07 Å². The van der Waals surface area contributed by atoms with Crippen LogP contribution in [-0.2, 0) is 6.54 Å². The van der Waals surface area contributed by atoms with Crippen LogP contribution in [0.4, 0.5) is 9.18 Å². The van der Waals surface area contributed by atoms with Crippen LogP contribution >= 0.6 is 0 Å². The lowest BCUT2D eigenvalue weighted by Crippen LogP contribution is -2.39. The number of urea groups is 1. The Morgan fingerprint density at radius 2 is 2.39 bits per heavy atom. The quantitative estimate of drug-likeness (QED) is 0.834. The summed E-state index contributed by atoms with van der Waals surface area (Å²) >= 11 is 0. The fourth-order valence-corrected chi connectivity index (χ4v) is 2.08. The van der Waals surface area contributed by atoms with E-state index in [1.807, 2.05) is 0 Å². The highest BCUT2D eigenvalue weighted by atomic mass is 19.1. The van der Waals surface area contributed by atoms with E-state index in [1.54, 1.807) is 24.0 Å². The van der Waals surface area contributed by atoms with E-state index in [2.05, 4.69) is 5.32 Å². The van der Waals surface area contributed by atoms with E-state index in [-0.39, 0.29) is 17.9 Å². The molecule has 1 unspecified atom stereocenters. The summed E-state index contributed by atoms with van der Waals surface area (Å²) < 4.78 is 13.1. The van der Waals surface area contributed by atoms with Gasteiger partial charge in [0.1, 0.15) is 5.82 Å². The molecule has 1 aromatic rings. The summed E-state index contributed by atoms with van der Waals surface area (Å²) in [4.78, 5) is 13.5. The van der Waals surface area contributed by atoms with Crippen LogP contribution < -0.4 is 11.1 Å². The van der Waals surface area contributed by atoms with E-state index in [0.717, 1.165) is 12.0 Å². The summed E-state index contributed by atoms with van der Waals surface area (Å²) in [6.45, 7) is 3.43. The van der Waals surface area contributed by atoms with Crippen LogP contribution in [-0.4, -0.2) is 30.1 Å². The molecule has 0 saturated carbocycles. The van der Waals surface area contributed by atoms with Gasteiger partial charge in [0.15, 0.2) is 0 Å². The molecule has 1 aromatic carbocycles. The van der Waals surface area contributed by atoms with E-state index in [0.29, 0.717) is 25.2 Å². The lowest BCUT2D eigenvalue weighted by molar-refractivity contribution is 0.208. The summed E-state index contributed by atoms with van der Waals surface area (Å²) in [6.07, 6.45) is 0.850. The number of nitrogens with one attached hydrogen (secondary N) is 1. The molecule has 3 N–H and O–H groups in total. The maximum atomic E-state index is 13.1. The molecule has 1 aliphatic rings. The van der Waals surface area contributed by atoms with Gasteiger partial charge in [0, 0.05) is 25.7 Å². The van der Waals surface area contributed by atoms with Gasteiger partial charge in [0.05, 0.1) is 0 Å². The molecule has 1 fully saturated rings. The Labute approximate surface area is 106 Å². The number of aryl methyl sites for hydroxylation is 1. The maximum absolute atomic E-state index is 13.1. The number of nitrogens with two attached hydrogens (primary N) is 1. The molecule has 0 aromatic heterocycles.